The second-order valence-electron chi connectivity index (χ2n) is 2.24. The zero-order valence-electron chi connectivity index (χ0n) is 6.52. The van der Waals surface area contributed by atoms with E-state index >= 15 is 0 Å². The fraction of sp³-hybridized carbons (Fsp3) is 0.857. The van der Waals surface area contributed by atoms with Gasteiger partial charge in [0.25, 0.3) is 0 Å². The molecule has 2 nitrogen and oxygen atoms in total. The van der Waals surface area contributed by atoms with Gasteiger partial charge in [0.15, 0.2) is 0 Å². The Morgan fingerprint density at radius 3 is 2.42 bits per heavy atom. The normalized spacial score (nSPS) is 11.2. The predicted octanol–water partition coefficient (Wildman–Crippen LogP) is 2.26. The van der Waals surface area contributed by atoms with Gasteiger partial charge in [-0.2, -0.15) is 18.4 Å². The summed E-state index contributed by atoms with van der Waals surface area (Å²) in [6.45, 7) is -0.0848. The molecule has 0 radical (unpaired) electrons. The quantitative estimate of drug-likeness (QED) is 0.609. The summed E-state index contributed by atoms with van der Waals surface area (Å²) >= 11 is 0. The molecule has 0 aromatic heterocycles. The van der Waals surface area contributed by atoms with Crippen LogP contribution >= 0.6 is 0 Å². The first-order valence-electron chi connectivity index (χ1n) is 3.58. The Labute approximate surface area is 68.9 Å². The van der Waals surface area contributed by atoms with Crippen LogP contribution in [0.2, 0.25) is 0 Å². The summed E-state index contributed by atoms with van der Waals surface area (Å²) in [7, 11) is 0. The van der Waals surface area contributed by atoms with Crippen LogP contribution in [0.5, 0.6) is 0 Å². The molecule has 0 aromatic rings. The monoisotopic (exact) mass is 181 g/mol. The Hall–Kier alpha value is -0.760. The van der Waals surface area contributed by atoms with Gasteiger partial charge < -0.3 is 4.74 Å². The van der Waals surface area contributed by atoms with Gasteiger partial charge >= 0.3 is 6.18 Å². The maximum atomic E-state index is 11.5. The minimum absolute atomic E-state index is 0.226. The van der Waals surface area contributed by atoms with Gasteiger partial charge in [-0.15, -0.1) is 0 Å². The lowest BCUT2D eigenvalue weighted by molar-refractivity contribution is -0.145. The van der Waals surface area contributed by atoms with E-state index in [1.54, 1.807) is 0 Å². The molecule has 0 bridgehead atoms. The number of hydrogen-bond acceptors (Lipinski definition) is 2. The van der Waals surface area contributed by atoms with E-state index in [1.807, 2.05) is 6.07 Å². The molecular weight excluding hydrogens is 171 g/mol. The van der Waals surface area contributed by atoms with E-state index in [-0.39, 0.29) is 13.2 Å². The standard InChI is InChI=1S/C7H10F3NO/c8-7(9,10)3-6-12-5-2-1-4-11/h1-3,5-6H2. The SMILES string of the molecule is N#CCCCOCCC(F)(F)F. The average Bonchev–Trinajstić information content (AvgIpc) is 1.94. The highest BCUT2D eigenvalue weighted by Gasteiger charge is 2.26. The summed E-state index contributed by atoms with van der Waals surface area (Å²) in [4.78, 5) is 0. The van der Waals surface area contributed by atoms with Crippen molar-refractivity contribution in [2.45, 2.75) is 25.4 Å². The van der Waals surface area contributed by atoms with Crippen LogP contribution in [0, 0.1) is 11.3 Å². The van der Waals surface area contributed by atoms with Crippen LogP contribution in [0.3, 0.4) is 0 Å². The molecule has 0 amide bonds. The number of alkyl halides is 3. The summed E-state index contributed by atoms with van der Waals surface area (Å²) in [6, 6.07) is 1.87. The van der Waals surface area contributed by atoms with Crippen LogP contribution in [-0.2, 0) is 4.74 Å². The molecular formula is C7H10F3NO. The van der Waals surface area contributed by atoms with Gasteiger partial charge in [-0.25, -0.2) is 0 Å². The van der Waals surface area contributed by atoms with E-state index < -0.39 is 12.6 Å². The van der Waals surface area contributed by atoms with Crippen LogP contribution in [-0.4, -0.2) is 19.4 Å². The summed E-state index contributed by atoms with van der Waals surface area (Å²) in [6.07, 6.45) is -4.24. The molecule has 0 aliphatic carbocycles. The van der Waals surface area contributed by atoms with Crippen molar-refractivity contribution in [3.05, 3.63) is 0 Å². The van der Waals surface area contributed by atoms with Crippen LogP contribution in [0.1, 0.15) is 19.3 Å². The van der Waals surface area contributed by atoms with Gasteiger partial charge in [-0.05, 0) is 6.42 Å². The number of nitriles is 1. The van der Waals surface area contributed by atoms with Crippen molar-refractivity contribution >= 4 is 0 Å². The molecule has 12 heavy (non-hydrogen) atoms. The van der Waals surface area contributed by atoms with Gasteiger partial charge in [-0.1, -0.05) is 0 Å². The first-order valence-corrected chi connectivity index (χ1v) is 3.58. The van der Waals surface area contributed by atoms with Crippen LogP contribution < -0.4 is 0 Å². The number of halogens is 3. The van der Waals surface area contributed by atoms with Gasteiger partial charge in [0.2, 0.25) is 0 Å². The highest BCUT2D eigenvalue weighted by Crippen LogP contribution is 2.18. The zero-order valence-corrected chi connectivity index (χ0v) is 6.52. The molecule has 0 N–H and O–H groups in total. The number of nitrogens with zero attached hydrogens (tertiary/aromatic N) is 1. The molecule has 5 heteroatoms. The van der Waals surface area contributed by atoms with Crippen molar-refractivity contribution in [2.24, 2.45) is 0 Å². The van der Waals surface area contributed by atoms with E-state index in [1.165, 1.54) is 0 Å². The third kappa shape index (κ3) is 9.24. The molecule has 0 saturated carbocycles. The molecule has 0 heterocycles. The van der Waals surface area contributed by atoms with Crippen LogP contribution in [0.15, 0.2) is 0 Å². The fourth-order valence-corrected chi connectivity index (χ4v) is 0.543. The van der Waals surface area contributed by atoms with Gasteiger partial charge in [-0.3, -0.25) is 0 Å². The van der Waals surface area contributed by atoms with Crippen molar-refractivity contribution in [3.63, 3.8) is 0 Å². The summed E-state index contributed by atoms with van der Waals surface area (Å²) in [5, 5.41) is 8.07. The van der Waals surface area contributed by atoms with Crippen LogP contribution in [0.4, 0.5) is 13.2 Å². The second kappa shape index (κ2) is 5.84. The molecule has 0 aromatic carbocycles. The molecule has 70 valence electrons. The number of ether oxygens (including phenoxy) is 1. The lowest BCUT2D eigenvalue weighted by Gasteiger charge is -2.05. The molecule has 0 atom stereocenters. The highest BCUT2D eigenvalue weighted by molar-refractivity contribution is 4.67. The van der Waals surface area contributed by atoms with Crippen LogP contribution in [0.25, 0.3) is 0 Å². The lowest BCUT2D eigenvalue weighted by Crippen LogP contribution is -2.11. The van der Waals surface area contributed by atoms with Crippen molar-refractivity contribution in [2.75, 3.05) is 13.2 Å². The van der Waals surface area contributed by atoms with Crippen molar-refractivity contribution in [1.82, 2.24) is 0 Å². The Balaban J connectivity index is 3.07. The summed E-state index contributed by atoms with van der Waals surface area (Å²) < 4.78 is 39.1. The van der Waals surface area contributed by atoms with Gasteiger partial charge in [0.1, 0.15) is 0 Å². The molecule has 0 aliphatic heterocycles. The van der Waals surface area contributed by atoms with Crippen molar-refractivity contribution < 1.29 is 17.9 Å². The Morgan fingerprint density at radius 2 is 1.92 bits per heavy atom. The largest absolute Gasteiger partial charge is 0.391 e. The second-order valence-corrected chi connectivity index (χ2v) is 2.24. The minimum atomic E-state index is -4.14. The average molecular weight is 181 g/mol. The topological polar surface area (TPSA) is 33.0 Å². The number of hydrogen-bond donors (Lipinski definition) is 0. The minimum Gasteiger partial charge on any atom is -0.381 e. The smallest absolute Gasteiger partial charge is 0.381 e. The molecule has 0 unspecified atom stereocenters. The summed E-state index contributed by atoms with van der Waals surface area (Å²) in [5.41, 5.74) is 0. The van der Waals surface area contributed by atoms with E-state index in [2.05, 4.69) is 4.74 Å². The first-order chi connectivity index (χ1) is 5.56. The Kier molecular flexibility index (Phi) is 5.47. The van der Waals surface area contributed by atoms with Crippen molar-refractivity contribution in [1.29, 1.82) is 5.26 Å². The molecule has 0 spiro atoms. The van der Waals surface area contributed by atoms with Gasteiger partial charge in [0, 0.05) is 13.0 Å². The highest BCUT2D eigenvalue weighted by atomic mass is 19.4. The van der Waals surface area contributed by atoms with E-state index in [0.29, 0.717) is 12.8 Å². The fourth-order valence-electron chi connectivity index (χ4n) is 0.543. The molecule has 0 fully saturated rings. The van der Waals surface area contributed by atoms with E-state index in [0.717, 1.165) is 0 Å². The Bertz CT molecular complexity index is 150. The number of rotatable bonds is 5. The zero-order chi connectivity index (χ0) is 9.45. The maximum absolute atomic E-state index is 11.5. The third-order valence-electron chi connectivity index (χ3n) is 1.11. The van der Waals surface area contributed by atoms with Gasteiger partial charge in [0.05, 0.1) is 19.1 Å². The summed E-state index contributed by atoms with van der Waals surface area (Å²) in [5.74, 6) is 0. The Morgan fingerprint density at radius 1 is 1.25 bits per heavy atom. The molecule has 0 aliphatic rings. The molecule has 0 saturated heterocycles. The van der Waals surface area contributed by atoms with Crippen molar-refractivity contribution in [3.8, 4) is 6.07 Å². The maximum Gasteiger partial charge on any atom is 0.391 e. The predicted molar refractivity (Wildman–Crippen MR) is 36.3 cm³/mol. The first kappa shape index (κ1) is 11.2. The van der Waals surface area contributed by atoms with E-state index in [4.69, 9.17) is 5.26 Å². The molecule has 0 rings (SSSR count). The lowest BCUT2D eigenvalue weighted by atomic mass is 10.3. The third-order valence-corrected chi connectivity index (χ3v) is 1.11. The van der Waals surface area contributed by atoms with E-state index in [9.17, 15) is 13.2 Å². The number of unbranched alkanes of at least 4 members (excludes halogenated alkanes) is 1.